The summed E-state index contributed by atoms with van der Waals surface area (Å²) in [6, 6.07) is 3.19. The van der Waals surface area contributed by atoms with Crippen molar-refractivity contribution in [1.29, 1.82) is 0 Å². The molecule has 0 aliphatic heterocycles. The molecule has 1 aromatic rings. The van der Waals surface area contributed by atoms with Crippen LogP contribution in [0.25, 0.3) is 0 Å². The van der Waals surface area contributed by atoms with Gasteiger partial charge < -0.3 is 10.2 Å². The molecule has 1 atom stereocenters. The average molecular weight is 270 g/mol. The highest BCUT2D eigenvalue weighted by Gasteiger charge is 2.18. The maximum Gasteiger partial charge on any atom is 0.251 e. The van der Waals surface area contributed by atoms with Gasteiger partial charge in [-0.15, -0.1) is 12.6 Å². The molecule has 6 heteroatoms. The molecule has 98 valence electrons. The maximum atomic E-state index is 13.0. The Labute approximate surface area is 111 Å². The molecule has 0 radical (unpaired) electrons. The molecule has 0 aliphatic carbocycles. The number of carbonyl (C=O) groups excluding carboxylic acids is 2. The Morgan fingerprint density at radius 2 is 2.00 bits per heavy atom. The molecule has 0 aromatic heterocycles. The smallest absolute Gasteiger partial charge is 0.251 e. The van der Waals surface area contributed by atoms with E-state index in [0.29, 0.717) is 0 Å². The summed E-state index contributed by atoms with van der Waals surface area (Å²) in [5, 5.41) is 2.54. The van der Waals surface area contributed by atoms with Gasteiger partial charge >= 0.3 is 0 Å². The molecule has 0 aliphatic rings. The van der Waals surface area contributed by atoms with Crippen molar-refractivity contribution in [3.63, 3.8) is 0 Å². The third-order valence-electron chi connectivity index (χ3n) is 2.37. The molecule has 1 N–H and O–H groups in total. The topological polar surface area (TPSA) is 49.4 Å². The molecule has 0 bridgehead atoms. The second-order valence-corrected chi connectivity index (χ2v) is 4.58. The minimum atomic E-state index is -0.638. The summed E-state index contributed by atoms with van der Waals surface area (Å²) in [6.45, 7) is 1.59. The van der Waals surface area contributed by atoms with E-state index < -0.39 is 17.8 Å². The monoisotopic (exact) mass is 270 g/mol. The highest BCUT2D eigenvalue weighted by molar-refractivity contribution is 7.80. The summed E-state index contributed by atoms with van der Waals surface area (Å²) in [4.78, 5) is 24.9. The van der Waals surface area contributed by atoms with E-state index in [-0.39, 0.29) is 16.4 Å². The van der Waals surface area contributed by atoms with Crippen molar-refractivity contribution in [3.05, 3.63) is 29.6 Å². The van der Waals surface area contributed by atoms with Gasteiger partial charge in [0.2, 0.25) is 5.91 Å². The number of thiol groups is 1. The van der Waals surface area contributed by atoms with Crippen LogP contribution in [-0.4, -0.2) is 36.9 Å². The summed E-state index contributed by atoms with van der Waals surface area (Å²) in [5.74, 6) is -1.14. The number of carbonyl (C=O) groups is 2. The van der Waals surface area contributed by atoms with Crippen LogP contribution in [0.3, 0.4) is 0 Å². The lowest BCUT2D eigenvalue weighted by molar-refractivity contribution is -0.130. The van der Waals surface area contributed by atoms with Crippen molar-refractivity contribution >= 4 is 24.4 Å². The summed E-state index contributed by atoms with van der Waals surface area (Å²) in [7, 11) is 3.21. The lowest BCUT2D eigenvalue weighted by Crippen LogP contribution is -2.44. The van der Waals surface area contributed by atoms with Gasteiger partial charge in [-0.25, -0.2) is 4.39 Å². The molecular formula is C12H15FN2O2S. The first-order chi connectivity index (χ1) is 8.32. The quantitative estimate of drug-likeness (QED) is 0.814. The standard InChI is InChI=1S/C12H15FN2O2S/c1-7(12(17)15(2)3)14-11(16)8-4-5-9(13)10(18)6-8/h4-7,18H,1-3H3,(H,14,16). The fourth-order valence-electron chi connectivity index (χ4n) is 1.38. The number of likely N-dealkylation sites (N-methyl/N-ethyl adjacent to an activating group) is 1. The van der Waals surface area contributed by atoms with E-state index >= 15 is 0 Å². The van der Waals surface area contributed by atoms with Crippen LogP contribution >= 0.6 is 12.6 Å². The zero-order valence-corrected chi connectivity index (χ0v) is 11.3. The number of halogens is 1. The van der Waals surface area contributed by atoms with Gasteiger partial charge in [0.15, 0.2) is 0 Å². The van der Waals surface area contributed by atoms with E-state index in [2.05, 4.69) is 17.9 Å². The van der Waals surface area contributed by atoms with Crippen molar-refractivity contribution in [3.8, 4) is 0 Å². The van der Waals surface area contributed by atoms with Gasteiger partial charge in [0.05, 0.1) is 0 Å². The number of benzene rings is 1. The van der Waals surface area contributed by atoms with Gasteiger partial charge in [-0.3, -0.25) is 9.59 Å². The van der Waals surface area contributed by atoms with E-state index in [1.165, 1.54) is 17.0 Å². The predicted octanol–water partition coefficient (Wildman–Crippen LogP) is 1.32. The first-order valence-corrected chi connectivity index (χ1v) is 5.78. The molecule has 1 aromatic carbocycles. The zero-order chi connectivity index (χ0) is 13.9. The normalized spacial score (nSPS) is 11.8. The number of nitrogens with one attached hydrogen (secondary N) is 1. The Morgan fingerprint density at radius 1 is 1.39 bits per heavy atom. The fraction of sp³-hybridized carbons (Fsp3) is 0.333. The Bertz CT molecular complexity index is 477. The predicted molar refractivity (Wildman–Crippen MR) is 69.3 cm³/mol. The summed E-state index contributed by atoms with van der Waals surface area (Å²) >= 11 is 3.90. The number of hydrogen-bond acceptors (Lipinski definition) is 3. The van der Waals surface area contributed by atoms with Crippen molar-refractivity contribution in [1.82, 2.24) is 10.2 Å². The summed E-state index contributed by atoms with van der Waals surface area (Å²) in [6.07, 6.45) is 0. The lowest BCUT2D eigenvalue weighted by Gasteiger charge is -2.18. The minimum absolute atomic E-state index is 0.0919. The van der Waals surface area contributed by atoms with Gasteiger partial charge in [-0.05, 0) is 25.1 Å². The molecule has 0 saturated heterocycles. The summed E-state index contributed by atoms with van der Waals surface area (Å²) in [5.41, 5.74) is 0.264. The van der Waals surface area contributed by atoms with Crippen LogP contribution in [0.5, 0.6) is 0 Å². The molecular weight excluding hydrogens is 255 g/mol. The van der Waals surface area contributed by atoms with Crippen molar-refractivity contribution in [2.75, 3.05) is 14.1 Å². The van der Waals surface area contributed by atoms with Gasteiger partial charge in [-0.2, -0.15) is 0 Å². The molecule has 0 saturated carbocycles. The van der Waals surface area contributed by atoms with E-state index in [1.54, 1.807) is 21.0 Å². The van der Waals surface area contributed by atoms with E-state index in [0.717, 1.165) is 6.07 Å². The molecule has 1 unspecified atom stereocenters. The second kappa shape index (κ2) is 5.86. The largest absolute Gasteiger partial charge is 0.347 e. The number of rotatable bonds is 3. The number of nitrogens with zero attached hydrogens (tertiary/aromatic N) is 1. The first-order valence-electron chi connectivity index (χ1n) is 5.33. The van der Waals surface area contributed by atoms with Crippen LogP contribution in [0.15, 0.2) is 23.1 Å². The third-order valence-corrected chi connectivity index (χ3v) is 2.71. The van der Waals surface area contributed by atoms with Gasteiger partial charge in [0.1, 0.15) is 11.9 Å². The highest BCUT2D eigenvalue weighted by atomic mass is 32.1. The van der Waals surface area contributed by atoms with Crippen LogP contribution in [0.4, 0.5) is 4.39 Å². The fourth-order valence-corrected chi connectivity index (χ4v) is 1.60. The third kappa shape index (κ3) is 3.46. The van der Waals surface area contributed by atoms with Gasteiger partial charge in [-0.1, -0.05) is 0 Å². The van der Waals surface area contributed by atoms with E-state index in [9.17, 15) is 14.0 Å². The molecule has 2 amide bonds. The van der Waals surface area contributed by atoms with Crippen LogP contribution in [0.1, 0.15) is 17.3 Å². The molecule has 18 heavy (non-hydrogen) atoms. The molecule has 1 rings (SSSR count). The molecule has 0 fully saturated rings. The van der Waals surface area contributed by atoms with Crippen LogP contribution in [-0.2, 0) is 4.79 Å². The number of amides is 2. The Balaban J connectivity index is 2.76. The van der Waals surface area contributed by atoms with Crippen molar-refractivity contribution in [2.45, 2.75) is 17.9 Å². The molecule has 0 spiro atoms. The first kappa shape index (κ1) is 14.5. The van der Waals surface area contributed by atoms with Gasteiger partial charge in [0, 0.05) is 24.6 Å². The SMILES string of the molecule is CC(NC(=O)c1ccc(F)c(S)c1)C(=O)N(C)C. The van der Waals surface area contributed by atoms with Crippen molar-refractivity contribution in [2.24, 2.45) is 0 Å². The molecule has 4 nitrogen and oxygen atoms in total. The Morgan fingerprint density at radius 3 is 2.50 bits per heavy atom. The molecule has 0 heterocycles. The minimum Gasteiger partial charge on any atom is -0.347 e. The van der Waals surface area contributed by atoms with Crippen molar-refractivity contribution < 1.29 is 14.0 Å². The maximum absolute atomic E-state index is 13.0. The Kier molecular flexibility index (Phi) is 4.72. The van der Waals surface area contributed by atoms with Crippen LogP contribution < -0.4 is 5.32 Å². The number of hydrogen-bond donors (Lipinski definition) is 2. The van der Waals surface area contributed by atoms with Gasteiger partial charge in [0.25, 0.3) is 5.91 Å². The Hall–Kier alpha value is -1.56. The second-order valence-electron chi connectivity index (χ2n) is 4.09. The van der Waals surface area contributed by atoms with Crippen LogP contribution in [0, 0.1) is 5.82 Å². The summed E-state index contributed by atoms with van der Waals surface area (Å²) < 4.78 is 13.0. The van der Waals surface area contributed by atoms with E-state index in [4.69, 9.17) is 0 Å². The average Bonchev–Trinajstić information content (AvgIpc) is 2.31. The van der Waals surface area contributed by atoms with E-state index in [1.807, 2.05) is 0 Å². The lowest BCUT2D eigenvalue weighted by atomic mass is 10.2. The van der Waals surface area contributed by atoms with Crippen LogP contribution in [0.2, 0.25) is 0 Å². The zero-order valence-electron chi connectivity index (χ0n) is 10.4. The highest BCUT2D eigenvalue weighted by Crippen LogP contribution is 2.14.